The molecule has 1 saturated heterocycles. The van der Waals surface area contributed by atoms with Gasteiger partial charge in [-0.3, -0.25) is 9.58 Å². The maximum Gasteiger partial charge on any atom is 0.354 e. The molecule has 5 heteroatoms. The molecular formula is C10H15N3O2. The lowest BCUT2D eigenvalue weighted by Crippen LogP contribution is -2.17. The summed E-state index contributed by atoms with van der Waals surface area (Å²) in [6.07, 6.45) is 2.21. The molecule has 1 N–H and O–H groups in total. The predicted octanol–water partition coefficient (Wildman–Crippen LogP) is 0.885. The first-order valence-corrected chi connectivity index (χ1v) is 5.07. The Balaban J connectivity index is 2.29. The zero-order valence-corrected chi connectivity index (χ0v) is 8.97. The van der Waals surface area contributed by atoms with Crippen molar-refractivity contribution in [2.24, 2.45) is 7.05 Å². The third-order valence-electron chi connectivity index (χ3n) is 2.98. The first kappa shape index (κ1) is 10.2. The minimum atomic E-state index is -0.920. The van der Waals surface area contributed by atoms with Crippen LogP contribution in [0.15, 0.2) is 6.07 Å². The maximum absolute atomic E-state index is 10.9. The van der Waals surface area contributed by atoms with Gasteiger partial charge in [0.1, 0.15) is 5.69 Å². The van der Waals surface area contributed by atoms with Gasteiger partial charge in [-0.25, -0.2) is 4.79 Å². The monoisotopic (exact) mass is 209 g/mol. The molecule has 0 aliphatic carbocycles. The van der Waals surface area contributed by atoms with Crippen LogP contribution in [0.4, 0.5) is 0 Å². The van der Waals surface area contributed by atoms with Crippen molar-refractivity contribution in [1.82, 2.24) is 14.7 Å². The van der Waals surface area contributed by atoms with Crippen molar-refractivity contribution in [3.8, 4) is 0 Å². The highest BCUT2D eigenvalue weighted by molar-refractivity contribution is 5.85. The zero-order chi connectivity index (χ0) is 11.0. The van der Waals surface area contributed by atoms with Crippen LogP contribution in [0.2, 0.25) is 0 Å². The molecular weight excluding hydrogens is 194 g/mol. The van der Waals surface area contributed by atoms with Crippen LogP contribution >= 0.6 is 0 Å². The minimum Gasteiger partial charge on any atom is -0.477 e. The normalized spacial score (nSPS) is 22.1. The van der Waals surface area contributed by atoms with E-state index in [0.29, 0.717) is 0 Å². The highest BCUT2D eigenvalue weighted by Gasteiger charge is 2.26. The van der Waals surface area contributed by atoms with Gasteiger partial charge in [-0.1, -0.05) is 0 Å². The summed E-state index contributed by atoms with van der Waals surface area (Å²) in [6.45, 7) is 1.06. The predicted molar refractivity (Wildman–Crippen MR) is 54.8 cm³/mol. The molecule has 1 fully saturated rings. The van der Waals surface area contributed by atoms with E-state index in [9.17, 15) is 4.79 Å². The van der Waals surface area contributed by atoms with E-state index in [1.807, 2.05) is 7.05 Å². The van der Waals surface area contributed by atoms with E-state index >= 15 is 0 Å². The number of carboxylic acid groups (broad SMARTS) is 1. The average Bonchev–Trinajstić information content (AvgIpc) is 2.71. The number of likely N-dealkylation sites (tertiary alicyclic amines) is 1. The van der Waals surface area contributed by atoms with Gasteiger partial charge in [0.05, 0.1) is 11.7 Å². The molecule has 0 amide bonds. The van der Waals surface area contributed by atoms with Crippen LogP contribution in [0, 0.1) is 0 Å². The summed E-state index contributed by atoms with van der Waals surface area (Å²) in [5, 5.41) is 13.2. The fourth-order valence-corrected chi connectivity index (χ4v) is 2.14. The smallest absolute Gasteiger partial charge is 0.354 e. The van der Waals surface area contributed by atoms with Crippen LogP contribution in [0.1, 0.15) is 35.1 Å². The molecule has 1 atom stereocenters. The molecule has 0 radical (unpaired) electrons. The second kappa shape index (κ2) is 3.66. The number of nitrogens with zero attached hydrogens (tertiary/aromatic N) is 3. The summed E-state index contributed by atoms with van der Waals surface area (Å²) in [5.41, 5.74) is 1.13. The number of aromatic carboxylic acids is 1. The largest absolute Gasteiger partial charge is 0.477 e. The Hall–Kier alpha value is -1.36. The Labute approximate surface area is 88.3 Å². The SMILES string of the molecule is CN1CCCC1c1cc(C(=O)O)n(C)n1. The Kier molecular flexibility index (Phi) is 2.48. The van der Waals surface area contributed by atoms with Crippen LogP contribution in [0.3, 0.4) is 0 Å². The first-order valence-electron chi connectivity index (χ1n) is 5.07. The van der Waals surface area contributed by atoms with Crippen LogP contribution in [0.25, 0.3) is 0 Å². The molecule has 82 valence electrons. The second-order valence-corrected chi connectivity index (χ2v) is 4.02. The molecule has 0 spiro atoms. The van der Waals surface area contributed by atoms with Gasteiger partial charge >= 0.3 is 5.97 Å². The number of hydrogen-bond acceptors (Lipinski definition) is 3. The quantitative estimate of drug-likeness (QED) is 0.785. The number of carboxylic acids is 1. The van der Waals surface area contributed by atoms with Gasteiger partial charge in [0.2, 0.25) is 0 Å². The number of hydrogen-bond donors (Lipinski definition) is 1. The fourth-order valence-electron chi connectivity index (χ4n) is 2.14. The highest BCUT2D eigenvalue weighted by Crippen LogP contribution is 2.29. The topological polar surface area (TPSA) is 58.4 Å². The first-order chi connectivity index (χ1) is 7.09. The summed E-state index contributed by atoms with van der Waals surface area (Å²) in [6, 6.07) is 1.96. The van der Waals surface area contributed by atoms with Crippen molar-refractivity contribution in [2.75, 3.05) is 13.6 Å². The highest BCUT2D eigenvalue weighted by atomic mass is 16.4. The van der Waals surface area contributed by atoms with Crippen LogP contribution in [-0.2, 0) is 7.05 Å². The van der Waals surface area contributed by atoms with Gasteiger partial charge in [-0.05, 0) is 32.5 Å². The number of carbonyl (C=O) groups is 1. The summed E-state index contributed by atoms with van der Waals surface area (Å²) in [5.74, 6) is -0.920. The third-order valence-corrected chi connectivity index (χ3v) is 2.98. The van der Waals surface area contributed by atoms with E-state index in [1.165, 1.54) is 4.68 Å². The molecule has 2 heterocycles. The second-order valence-electron chi connectivity index (χ2n) is 4.02. The van der Waals surface area contributed by atoms with Gasteiger partial charge in [0, 0.05) is 7.05 Å². The molecule has 1 aliphatic heterocycles. The maximum atomic E-state index is 10.9. The van der Waals surface area contributed by atoms with E-state index in [2.05, 4.69) is 10.00 Å². The summed E-state index contributed by atoms with van der Waals surface area (Å²) < 4.78 is 1.43. The van der Waals surface area contributed by atoms with Crippen LogP contribution in [-0.4, -0.2) is 39.3 Å². The molecule has 1 aromatic rings. The minimum absolute atomic E-state index is 0.255. The van der Waals surface area contributed by atoms with Crippen LogP contribution in [0.5, 0.6) is 0 Å². The van der Waals surface area contributed by atoms with Crippen molar-refractivity contribution >= 4 is 5.97 Å². The van der Waals surface area contributed by atoms with E-state index < -0.39 is 5.97 Å². The lowest BCUT2D eigenvalue weighted by atomic mass is 10.1. The zero-order valence-electron chi connectivity index (χ0n) is 8.97. The van der Waals surface area contributed by atoms with E-state index in [1.54, 1.807) is 13.1 Å². The van der Waals surface area contributed by atoms with Crippen molar-refractivity contribution in [3.05, 3.63) is 17.5 Å². The summed E-state index contributed by atoms with van der Waals surface area (Å²) in [7, 11) is 3.72. The van der Waals surface area contributed by atoms with Gasteiger partial charge < -0.3 is 5.11 Å². The van der Waals surface area contributed by atoms with Gasteiger partial charge in [0.25, 0.3) is 0 Å². The Morgan fingerprint density at radius 1 is 1.60 bits per heavy atom. The molecule has 1 aromatic heterocycles. The van der Waals surface area contributed by atoms with Gasteiger partial charge in [0.15, 0.2) is 0 Å². The lowest BCUT2D eigenvalue weighted by molar-refractivity contribution is 0.0685. The molecule has 1 aliphatic rings. The molecule has 1 unspecified atom stereocenters. The van der Waals surface area contributed by atoms with Crippen molar-refractivity contribution in [3.63, 3.8) is 0 Å². The van der Waals surface area contributed by atoms with Gasteiger partial charge in [-0.2, -0.15) is 5.10 Å². The fraction of sp³-hybridized carbons (Fsp3) is 0.600. The van der Waals surface area contributed by atoms with Crippen molar-refractivity contribution < 1.29 is 9.90 Å². The van der Waals surface area contributed by atoms with Crippen LogP contribution < -0.4 is 0 Å². The number of rotatable bonds is 2. The number of aromatic nitrogens is 2. The Morgan fingerprint density at radius 3 is 2.80 bits per heavy atom. The van der Waals surface area contributed by atoms with E-state index in [4.69, 9.17) is 5.11 Å². The molecule has 15 heavy (non-hydrogen) atoms. The lowest BCUT2D eigenvalue weighted by Gasteiger charge is -2.16. The average molecular weight is 209 g/mol. The molecule has 0 saturated carbocycles. The molecule has 5 nitrogen and oxygen atoms in total. The number of aryl methyl sites for hydroxylation is 1. The molecule has 2 rings (SSSR count). The Bertz CT molecular complexity index is 386. The molecule has 0 bridgehead atoms. The van der Waals surface area contributed by atoms with E-state index in [-0.39, 0.29) is 11.7 Å². The van der Waals surface area contributed by atoms with Crippen molar-refractivity contribution in [1.29, 1.82) is 0 Å². The molecule has 0 aromatic carbocycles. The summed E-state index contributed by atoms with van der Waals surface area (Å²) in [4.78, 5) is 13.1. The summed E-state index contributed by atoms with van der Waals surface area (Å²) >= 11 is 0. The van der Waals surface area contributed by atoms with E-state index in [0.717, 1.165) is 25.1 Å². The Morgan fingerprint density at radius 2 is 2.33 bits per heavy atom. The standard InChI is InChI=1S/C10H15N3O2/c1-12-5-3-4-8(12)7-6-9(10(14)15)13(2)11-7/h6,8H,3-5H2,1-2H3,(H,14,15). The van der Waals surface area contributed by atoms with Crippen molar-refractivity contribution in [2.45, 2.75) is 18.9 Å². The van der Waals surface area contributed by atoms with Gasteiger partial charge in [-0.15, -0.1) is 0 Å². The third kappa shape index (κ3) is 1.74.